The highest BCUT2D eigenvalue weighted by Crippen LogP contribution is 2.30. The first-order valence-corrected chi connectivity index (χ1v) is 8.12. The number of nitrogens with one attached hydrogen (secondary N) is 2. The Morgan fingerprint density at radius 2 is 2.00 bits per heavy atom. The molecule has 2 heterocycles. The molecule has 6 heteroatoms. The lowest BCUT2D eigenvalue weighted by atomic mass is 10.1. The molecule has 1 aliphatic rings. The van der Waals surface area contributed by atoms with Gasteiger partial charge in [0.05, 0.1) is 6.54 Å². The molecule has 0 spiro atoms. The number of ether oxygens (including phenoxy) is 2. The number of amides is 2. The summed E-state index contributed by atoms with van der Waals surface area (Å²) < 4.78 is 11.0. The first-order valence-electron chi connectivity index (χ1n) is 7.24. The molecule has 0 aliphatic carbocycles. The van der Waals surface area contributed by atoms with Crippen LogP contribution in [0.4, 0.5) is 4.79 Å². The molecular formula is C16H18N2O3S. The molecule has 0 atom stereocenters. The second-order valence-electron chi connectivity index (χ2n) is 4.92. The van der Waals surface area contributed by atoms with Gasteiger partial charge in [-0.25, -0.2) is 4.79 Å². The number of urea groups is 1. The van der Waals surface area contributed by atoms with E-state index in [4.69, 9.17) is 9.47 Å². The van der Waals surface area contributed by atoms with Crippen molar-refractivity contribution in [3.8, 4) is 11.5 Å². The van der Waals surface area contributed by atoms with Gasteiger partial charge in [0.25, 0.3) is 0 Å². The van der Waals surface area contributed by atoms with Crippen molar-refractivity contribution in [3.63, 3.8) is 0 Å². The van der Waals surface area contributed by atoms with Gasteiger partial charge in [-0.05, 0) is 35.6 Å². The topological polar surface area (TPSA) is 59.6 Å². The molecule has 2 amide bonds. The van der Waals surface area contributed by atoms with Crippen LogP contribution in [-0.2, 0) is 13.0 Å². The van der Waals surface area contributed by atoms with Crippen molar-refractivity contribution in [1.82, 2.24) is 10.6 Å². The van der Waals surface area contributed by atoms with E-state index in [0.717, 1.165) is 28.4 Å². The summed E-state index contributed by atoms with van der Waals surface area (Å²) >= 11 is 1.63. The van der Waals surface area contributed by atoms with Crippen LogP contribution >= 0.6 is 11.3 Å². The SMILES string of the molecule is O=C(NCCc1ccc2c(c1)OCCO2)NCc1cccs1. The Hall–Kier alpha value is -2.21. The molecule has 2 aromatic rings. The average Bonchev–Trinajstić information content (AvgIpc) is 3.06. The summed E-state index contributed by atoms with van der Waals surface area (Å²) in [4.78, 5) is 12.8. The molecule has 5 nitrogen and oxygen atoms in total. The average molecular weight is 318 g/mol. The summed E-state index contributed by atoms with van der Waals surface area (Å²) in [6.45, 7) is 2.32. The monoisotopic (exact) mass is 318 g/mol. The van der Waals surface area contributed by atoms with Crippen molar-refractivity contribution in [2.45, 2.75) is 13.0 Å². The van der Waals surface area contributed by atoms with Crippen LogP contribution in [0.5, 0.6) is 11.5 Å². The number of thiophene rings is 1. The Kier molecular flexibility index (Phi) is 4.80. The predicted molar refractivity (Wildman–Crippen MR) is 85.7 cm³/mol. The molecule has 3 rings (SSSR count). The first kappa shape index (κ1) is 14.7. The minimum Gasteiger partial charge on any atom is -0.486 e. The van der Waals surface area contributed by atoms with E-state index in [1.807, 2.05) is 35.7 Å². The highest BCUT2D eigenvalue weighted by Gasteiger charge is 2.11. The second-order valence-corrected chi connectivity index (χ2v) is 5.95. The molecule has 1 aromatic carbocycles. The van der Waals surface area contributed by atoms with E-state index in [1.54, 1.807) is 11.3 Å². The van der Waals surface area contributed by atoms with Crippen LogP contribution in [0, 0.1) is 0 Å². The Labute approximate surface area is 133 Å². The molecule has 1 aliphatic heterocycles. The third-order valence-electron chi connectivity index (χ3n) is 3.31. The second kappa shape index (κ2) is 7.17. The van der Waals surface area contributed by atoms with Gasteiger partial charge in [0, 0.05) is 11.4 Å². The smallest absolute Gasteiger partial charge is 0.315 e. The van der Waals surface area contributed by atoms with Crippen molar-refractivity contribution in [2.24, 2.45) is 0 Å². The summed E-state index contributed by atoms with van der Waals surface area (Å²) in [6.07, 6.45) is 0.753. The number of hydrogen-bond donors (Lipinski definition) is 2. The molecule has 0 saturated carbocycles. The van der Waals surface area contributed by atoms with E-state index in [0.29, 0.717) is 26.3 Å². The molecule has 0 saturated heterocycles. The van der Waals surface area contributed by atoms with Crippen LogP contribution in [0.1, 0.15) is 10.4 Å². The van der Waals surface area contributed by atoms with E-state index in [1.165, 1.54) is 0 Å². The molecule has 116 valence electrons. The van der Waals surface area contributed by atoms with E-state index >= 15 is 0 Å². The Morgan fingerprint density at radius 1 is 1.14 bits per heavy atom. The predicted octanol–water partition coefficient (Wildman–Crippen LogP) is 2.56. The molecular weight excluding hydrogens is 300 g/mol. The molecule has 0 fully saturated rings. The van der Waals surface area contributed by atoms with Gasteiger partial charge < -0.3 is 20.1 Å². The van der Waals surface area contributed by atoms with Gasteiger partial charge in [0.2, 0.25) is 0 Å². The van der Waals surface area contributed by atoms with Gasteiger partial charge in [-0.15, -0.1) is 11.3 Å². The third-order valence-corrected chi connectivity index (χ3v) is 4.19. The number of fused-ring (bicyclic) bond motifs is 1. The fraction of sp³-hybridized carbons (Fsp3) is 0.312. The van der Waals surface area contributed by atoms with Crippen molar-refractivity contribution < 1.29 is 14.3 Å². The van der Waals surface area contributed by atoms with Gasteiger partial charge in [-0.3, -0.25) is 0 Å². The zero-order valence-electron chi connectivity index (χ0n) is 12.1. The summed E-state index contributed by atoms with van der Waals surface area (Å²) in [5.41, 5.74) is 1.11. The summed E-state index contributed by atoms with van der Waals surface area (Å²) in [6, 6.07) is 9.71. The third kappa shape index (κ3) is 3.92. The number of carbonyl (C=O) groups is 1. The van der Waals surface area contributed by atoms with Gasteiger partial charge in [-0.2, -0.15) is 0 Å². The van der Waals surface area contributed by atoms with Gasteiger partial charge in [0.1, 0.15) is 13.2 Å². The van der Waals surface area contributed by atoms with Crippen LogP contribution in [0.25, 0.3) is 0 Å². The van der Waals surface area contributed by atoms with Gasteiger partial charge in [0.15, 0.2) is 11.5 Å². The normalized spacial score (nSPS) is 12.7. The minimum absolute atomic E-state index is 0.147. The first-order chi connectivity index (χ1) is 10.8. The molecule has 1 aromatic heterocycles. The number of rotatable bonds is 5. The lowest BCUT2D eigenvalue weighted by Crippen LogP contribution is -2.36. The number of benzene rings is 1. The van der Waals surface area contributed by atoms with Crippen molar-refractivity contribution in [3.05, 3.63) is 46.2 Å². The minimum atomic E-state index is -0.147. The highest BCUT2D eigenvalue weighted by atomic mass is 32.1. The maximum atomic E-state index is 11.7. The highest BCUT2D eigenvalue weighted by molar-refractivity contribution is 7.09. The van der Waals surface area contributed by atoms with Crippen LogP contribution in [0.15, 0.2) is 35.7 Å². The van der Waals surface area contributed by atoms with Crippen LogP contribution < -0.4 is 20.1 Å². The summed E-state index contributed by atoms with van der Waals surface area (Å²) in [5.74, 6) is 1.57. The Balaban J connectivity index is 1.41. The van der Waals surface area contributed by atoms with Crippen LogP contribution in [0.2, 0.25) is 0 Å². The van der Waals surface area contributed by atoms with E-state index < -0.39 is 0 Å². The molecule has 0 bridgehead atoms. The quantitative estimate of drug-likeness (QED) is 0.891. The number of carbonyl (C=O) groups excluding carboxylic acids is 1. The van der Waals surface area contributed by atoms with Crippen LogP contribution in [-0.4, -0.2) is 25.8 Å². The van der Waals surface area contributed by atoms with Crippen LogP contribution in [0.3, 0.4) is 0 Å². The fourth-order valence-corrected chi connectivity index (χ4v) is 2.85. The largest absolute Gasteiger partial charge is 0.486 e. The van der Waals surface area contributed by atoms with E-state index in [9.17, 15) is 4.79 Å². The zero-order chi connectivity index (χ0) is 15.2. The maximum Gasteiger partial charge on any atom is 0.315 e. The fourth-order valence-electron chi connectivity index (χ4n) is 2.21. The maximum absolute atomic E-state index is 11.7. The van der Waals surface area contributed by atoms with Gasteiger partial charge in [-0.1, -0.05) is 12.1 Å². The summed E-state index contributed by atoms with van der Waals surface area (Å²) in [7, 11) is 0. The lowest BCUT2D eigenvalue weighted by Gasteiger charge is -2.18. The molecule has 0 radical (unpaired) electrons. The standard InChI is InChI=1S/C16H18N2O3S/c19-16(18-11-13-2-1-9-22-13)17-6-5-12-3-4-14-15(10-12)21-8-7-20-14/h1-4,9-10H,5-8,11H2,(H2,17,18,19). The lowest BCUT2D eigenvalue weighted by molar-refractivity contribution is 0.171. The van der Waals surface area contributed by atoms with Crippen molar-refractivity contribution in [1.29, 1.82) is 0 Å². The molecule has 22 heavy (non-hydrogen) atoms. The van der Waals surface area contributed by atoms with E-state index in [2.05, 4.69) is 10.6 Å². The zero-order valence-corrected chi connectivity index (χ0v) is 12.9. The molecule has 0 unspecified atom stereocenters. The Morgan fingerprint density at radius 3 is 2.82 bits per heavy atom. The molecule has 2 N–H and O–H groups in total. The number of hydrogen-bond acceptors (Lipinski definition) is 4. The van der Waals surface area contributed by atoms with Gasteiger partial charge >= 0.3 is 6.03 Å². The van der Waals surface area contributed by atoms with Crippen molar-refractivity contribution in [2.75, 3.05) is 19.8 Å². The Bertz CT molecular complexity index is 628. The van der Waals surface area contributed by atoms with Crippen molar-refractivity contribution >= 4 is 17.4 Å². The summed E-state index contributed by atoms with van der Waals surface area (Å²) in [5, 5.41) is 7.69. The van der Waals surface area contributed by atoms with E-state index in [-0.39, 0.29) is 6.03 Å².